The summed E-state index contributed by atoms with van der Waals surface area (Å²) < 4.78 is 4.97. The highest BCUT2D eigenvalue weighted by atomic mass is 32.1. The number of hydrogen-bond acceptors (Lipinski definition) is 4. The third-order valence-electron chi connectivity index (χ3n) is 6.61. The molecular weight excluding hydrogens is 372 g/mol. The molecule has 1 amide bonds. The minimum Gasteiger partial charge on any atom is -0.462 e. The zero-order chi connectivity index (χ0) is 19.7. The smallest absolute Gasteiger partial charge is 0.338 e. The van der Waals surface area contributed by atoms with Gasteiger partial charge < -0.3 is 15.4 Å². The van der Waals surface area contributed by atoms with Gasteiger partial charge in [-0.15, -0.1) is 0 Å². The predicted octanol–water partition coefficient (Wildman–Crippen LogP) is 4.28. The van der Waals surface area contributed by atoms with Gasteiger partial charge in [0, 0.05) is 12.1 Å². The third kappa shape index (κ3) is 4.22. The van der Waals surface area contributed by atoms with Crippen molar-refractivity contribution in [1.82, 2.24) is 5.32 Å². The van der Waals surface area contributed by atoms with Gasteiger partial charge in [-0.25, -0.2) is 4.79 Å². The van der Waals surface area contributed by atoms with Crippen LogP contribution in [0.15, 0.2) is 24.3 Å². The zero-order valence-corrected chi connectivity index (χ0v) is 17.1. The molecular formula is C22H28N2O3S. The van der Waals surface area contributed by atoms with Crippen molar-refractivity contribution < 1.29 is 14.3 Å². The van der Waals surface area contributed by atoms with Crippen LogP contribution in [0.4, 0.5) is 5.69 Å². The monoisotopic (exact) mass is 400 g/mol. The van der Waals surface area contributed by atoms with E-state index in [9.17, 15) is 9.59 Å². The maximum absolute atomic E-state index is 12.6. The standard InChI is InChI=1S/C22H28N2O3S/c1-2-27-20(26)17-3-5-18(6-4-17)23-21(28)24-19(25)13-22-10-14-7-15(11-22)9-16(8-14)12-22/h3-6,14-16H,2,7-13H2,1H3,(H2,23,24,25,28). The molecule has 4 aliphatic carbocycles. The predicted molar refractivity (Wildman–Crippen MR) is 112 cm³/mol. The Labute approximate surface area is 171 Å². The number of carbonyl (C=O) groups is 2. The molecule has 2 N–H and O–H groups in total. The molecule has 4 aliphatic rings. The van der Waals surface area contributed by atoms with E-state index in [1.54, 1.807) is 31.2 Å². The summed E-state index contributed by atoms with van der Waals surface area (Å²) in [6.07, 6.45) is 8.35. The summed E-state index contributed by atoms with van der Waals surface area (Å²) in [4.78, 5) is 24.3. The summed E-state index contributed by atoms with van der Waals surface area (Å²) >= 11 is 5.31. The fraction of sp³-hybridized carbons (Fsp3) is 0.591. The molecule has 0 radical (unpaired) electrons. The van der Waals surface area contributed by atoms with Crippen molar-refractivity contribution in [1.29, 1.82) is 0 Å². The highest BCUT2D eigenvalue weighted by Gasteiger charge is 2.51. The minimum absolute atomic E-state index is 0.0163. The molecule has 4 saturated carbocycles. The van der Waals surface area contributed by atoms with Crippen LogP contribution in [0.3, 0.4) is 0 Å². The lowest BCUT2D eigenvalue weighted by Crippen LogP contribution is -2.48. The number of rotatable bonds is 5. The van der Waals surface area contributed by atoms with E-state index in [-0.39, 0.29) is 17.3 Å². The topological polar surface area (TPSA) is 67.4 Å². The van der Waals surface area contributed by atoms with Crippen LogP contribution in [-0.4, -0.2) is 23.6 Å². The molecule has 0 saturated heterocycles. The number of carbonyl (C=O) groups excluding carboxylic acids is 2. The summed E-state index contributed by atoms with van der Waals surface area (Å²) in [6, 6.07) is 6.87. The number of thiocarbonyl (C=S) groups is 1. The molecule has 6 heteroatoms. The second-order valence-corrected chi connectivity index (χ2v) is 9.30. The number of ether oxygens (including phenoxy) is 1. The SMILES string of the molecule is CCOC(=O)c1ccc(NC(=S)NC(=O)CC23CC4CC(CC(C4)C2)C3)cc1. The fourth-order valence-electron chi connectivity index (χ4n) is 6.08. The van der Waals surface area contributed by atoms with Crippen molar-refractivity contribution in [2.24, 2.45) is 23.2 Å². The number of esters is 1. The second-order valence-electron chi connectivity index (χ2n) is 8.89. The van der Waals surface area contributed by atoms with Gasteiger partial charge in [0.2, 0.25) is 5.91 Å². The Balaban J connectivity index is 1.29. The summed E-state index contributed by atoms with van der Waals surface area (Å²) in [6.45, 7) is 2.12. The lowest BCUT2D eigenvalue weighted by molar-refractivity contribution is -0.127. The van der Waals surface area contributed by atoms with Gasteiger partial charge in [-0.05, 0) is 105 Å². The van der Waals surface area contributed by atoms with Crippen LogP contribution in [-0.2, 0) is 9.53 Å². The molecule has 1 aromatic carbocycles. The highest BCUT2D eigenvalue weighted by Crippen LogP contribution is 2.61. The molecule has 5 rings (SSSR count). The van der Waals surface area contributed by atoms with E-state index in [2.05, 4.69) is 10.6 Å². The zero-order valence-electron chi connectivity index (χ0n) is 16.3. The maximum atomic E-state index is 12.6. The molecule has 0 unspecified atom stereocenters. The van der Waals surface area contributed by atoms with Crippen LogP contribution in [0.25, 0.3) is 0 Å². The Hall–Kier alpha value is -1.95. The molecule has 0 atom stereocenters. The van der Waals surface area contributed by atoms with E-state index in [1.807, 2.05) is 0 Å². The summed E-state index contributed by atoms with van der Waals surface area (Å²) in [5, 5.41) is 6.18. The number of anilines is 1. The first-order valence-corrected chi connectivity index (χ1v) is 10.7. The first kappa shape index (κ1) is 19.4. The van der Waals surface area contributed by atoms with Gasteiger partial charge >= 0.3 is 5.97 Å². The second kappa shape index (κ2) is 7.82. The van der Waals surface area contributed by atoms with E-state index in [4.69, 9.17) is 17.0 Å². The van der Waals surface area contributed by atoms with Crippen molar-refractivity contribution in [3.8, 4) is 0 Å². The van der Waals surface area contributed by atoms with Crippen molar-refractivity contribution >= 4 is 34.9 Å². The molecule has 0 spiro atoms. The Morgan fingerprint density at radius 1 is 1.07 bits per heavy atom. The average Bonchev–Trinajstić information content (AvgIpc) is 2.60. The van der Waals surface area contributed by atoms with Crippen LogP contribution < -0.4 is 10.6 Å². The molecule has 4 fully saturated rings. The van der Waals surface area contributed by atoms with Crippen LogP contribution in [0.1, 0.15) is 62.2 Å². The fourth-order valence-corrected chi connectivity index (χ4v) is 6.32. The number of nitrogens with one attached hydrogen (secondary N) is 2. The Kier molecular flexibility index (Phi) is 5.41. The Morgan fingerprint density at radius 3 is 2.18 bits per heavy atom. The molecule has 0 aliphatic heterocycles. The normalized spacial score (nSPS) is 30.0. The summed E-state index contributed by atoms with van der Waals surface area (Å²) in [7, 11) is 0. The van der Waals surface area contributed by atoms with E-state index in [0.717, 1.165) is 23.4 Å². The molecule has 1 aromatic rings. The number of hydrogen-bond donors (Lipinski definition) is 2. The highest BCUT2D eigenvalue weighted by molar-refractivity contribution is 7.80. The van der Waals surface area contributed by atoms with Gasteiger partial charge in [-0.3, -0.25) is 4.79 Å². The number of benzene rings is 1. The molecule has 150 valence electrons. The Bertz CT molecular complexity index is 739. The lowest BCUT2D eigenvalue weighted by Gasteiger charge is -2.56. The van der Waals surface area contributed by atoms with Crippen molar-refractivity contribution in [2.75, 3.05) is 11.9 Å². The van der Waals surface area contributed by atoms with Crippen LogP contribution in [0.5, 0.6) is 0 Å². The minimum atomic E-state index is -0.347. The van der Waals surface area contributed by atoms with Crippen molar-refractivity contribution in [3.05, 3.63) is 29.8 Å². The van der Waals surface area contributed by atoms with Crippen LogP contribution >= 0.6 is 12.2 Å². The molecule has 4 bridgehead atoms. The average molecular weight is 401 g/mol. The van der Waals surface area contributed by atoms with Gasteiger partial charge in [0.15, 0.2) is 5.11 Å². The first-order chi connectivity index (χ1) is 13.4. The van der Waals surface area contributed by atoms with Crippen molar-refractivity contribution in [2.45, 2.75) is 51.9 Å². The molecule has 5 nitrogen and oxygen atoms in total. The summed E-state index contributed by atoms with van der Waals surface area (Å²) in [5.41, 5.74) is 1.42. The van der Waals surface area contributed by atoms with Crippen molar-refractivity contribution in [3.63, 3.8) is 0 Å². The van der Waals surface area contributed by atoms with Crippen LogP contribution in [0.2, 0.25) is 0 Å². The van der Waals surface area contributed by atoms with Gasteiger partial charge in [0.1, 0.15) is 0 Å². The molecule has 28 heavy (non-hydrogen) atoms. The van der Waals surface area contributed by atoms with Gasteiger partial charge in [-0.1, -0.05) is 0 Å². The van der Waals surface area contributed by atoms with E-state index < -0.39 is 0 Å². The largest absolute Gasteiger partial charge is 0.462 e. The summed E-state index contributed by atoms with van der Waals surface area (Å²) in [5.74, 6) is 2.18. The van der Waals surface area contributed by atoms with E-state index in [0.29, 0.717) is 23.7 Å². The van der Waals surface area contributed by atoms with E-state index in [1.165, 1.54) is 38.5 Å². The third-order valence-corrected chi connectivity index (χ3v) is 6.81. The van der Waals surface area contributed by atoms with Gasteiger partial charge in [-0.2, -0.15) is 0 Å². The first-order valence-electron chi connectivity index (χ1n) is 10.3. The lowest BCUT2D eigenvalue weighted by atomic mass is 9.49. The Morgan fingerprint density at radius 2 is 1.64 bits per heavy atom. The number of amides is 1. The molecule has 0 aromatic heterocycles. The van der Waals surface area contributed by atoms with E-state index >= 15 is 0 Å². The molecule has 0 heterocycles. The van der Waals surface area contributed by atoms with Gasteiger partial charge in [0.05, 0.1) is 12.2 Å². The van der Waals surface area contributed by atoms with Gasteiger partial charge in [0.25, 0.3) is 0 Å². The maximum Gasteiger partial charge on any atom is 0.338 e. The quantitative estimate of drug-likeness (QED) is 0.570. The van der Waals surface area contributed by atoms with Crippen LogP contribution in [0, 0.1) is 23.2 Å².